The van der Waals surface area contributed by atoms with Gasteiger partial charge in [0.1, 0.15) is 11.8 Å². The van der Waals surface area contributed by atoms with E-state index in [0.717, 1.165) is 5.65 Å². The monoisotopic (exact) mass is 246 g/mol. The van der Waals surface area contributed by atoms with Crippen LogP contribution in [0.2, 0.25) is 5.15 Å². The van der Waals surface area contributed by atoms with E-state index in [1.165, 1.54) is 19.2 Å². The third-order valence-corrected chi connectivity index (χ3v) is 4.23. The minimum atomic E-state index is 0.437. The number of imidazole rings is 1. The smallest absolute Gasteiger partial charge is 0.165 e. The van der Waals surface area contributed by atoms with Crippen LogP contribution in [-0.4, -0.2) is 19.5 Å². The van der Waals surface area contributed by atoms with E-state index in [2.05, 4.69) is 31.7 Å². The third-order valence-electron chi connectivity index (χ3n) is 3.95. The molecule has 1 fully saturated rings. The maximum absolute atomic E-state index is 6.02. The molecule has 0 aromatic carbocycles. The van der Waals surface area contributed by atoms with E-state index < -0.39 is 0 Å². The number of nitrogens with zero attached hydrogens (tertiary/aromatic N) is 4. The van der Waals surface area contributed by atoms with Crippen LogP contribution in [0.5, 0.6) is 0 Å². The largest absolute Gasteiger partial charge is 0.311 e. The van der Waals surface area contributed by atoms with Gasteiger partial charge in [-0.3, -0.25) is 0 Å². The molecule has 2 heterocycles. The van der Waals surface area contributed by atoms with Gasteiger partial charge in [-0.1, -0.05) is 23.8 Å². The number of aromatic nitrogens is 4. The zero-order valence-electron chi connectivity index (χ0n) is 9.12. The summed E-state index contributed by atoms with van der Waals surface area (Å²) in [5, 5.41) is 0.437. The lowest BCUT2D eigenvalue weighted by Crippen LogP contribution is -2.13. The van der Waals surface area contributed by atoms with Crippen molar-refractivity contribution < 1.29 is 0 Å². The van der Waals surface area contributed by atoms with E-state index in [4.69, 9.17) is 11.6 Å². The van der Waals surface area contributed by atoms with Gasteiger partial charge in [-0.05, 0) is 24.7 Å². The highest BCUT2D eigenvalue weighted by atomic mass is 35.5. The molecule has 0 N–H and O–H groups in total. The fourth-order valence-corrected chi connectivity index (χ4v) is 3.38. The molecular weight excluding hydrogens is 236 g/mol. The summed E-state index contributed by atoms with van der Waals surface area (Å²) in [4.78, 5) is 12.6. The first kappa shape index (κ1) is 9.59. The molecule has 0 amide bonds. The summed E-state index contributed by atoms with van der Waals surface area (Å²) < 4.78 is 2.17. The van der Waals surface area contributed by atoms with Gasteiger partial charge in [-0.15, -0.1) is 0 Å². The molecule has 17 heavy (non-hydrogen) atoms. The Morgan fingerprint density at radius 3 is 2.59 bits per heavy atom. The Kier molecular flexibility index (Phi) is 1.86. The van der Waals surface area contributed by atoms with Gasteiger partial charge in [-0.2, -0.15) is 0 Å². The molecule has 0 aliphatic heterocycles. The Morgan fingerprint density at radius 2 is 1.88 bits per heavy atom. The van der Waals surface area contributed by atoms with Gasteiger partial charge < -0.3 is 4.57 Å². The van der Waals surface area contributed by atoms with Crippen molar-refractivity contribution in [3.05, 3.63) is 30.0 Å². The summed E-state index contributed by atoms with van der Waals surface area (Å²) >= 11 is 6.02. The Labute approximate surface area is 103 Å². The van der Waals surface area contributed by atoms with Crippen molar-refractivity contribution in [1.29, 1.82) is 0 Å². The van der Waals surface area contributed by atoms with Crippen molar-refractivity contribution >= 4 is 22.8 Å². The van der Waals surface area contributed by atoms with Gasteiger partial charge in [0, 0.05) is 6.04 Å². The first-order valence-electron chi connectivity index (χ1n) is 5.86. The van der Waals surface area contributed by atoms with Crippen LogP contribution in [0.3, 0.4) is 0 Å². The van der Waals surface area contributed by atoms with Crippen LogP contribution >= 0.6 is 11.6 Å². The Bertz CT molecular complexity index is 604. The Morgan fingerprint density at radius 1 is 1.12 bits per heavy atom. The minimum Gasteiger partial charge on any atom is -0.311 e. The van der Waals surface area contributed by atoms with Crippen LogP contribution in [0.1, 0.15) is 18.9 Å². The molecule has 2 aromatic heterocycles. The Balaban J connectivity index is 1.90. The first-order valence-corrected chi connectivity index (χ1v) is 6.24. The van der Waals surface area contributed by atoms with E-state index >= 15 is 0 Å². The van der Waals surface area contributed by atoms with Crippen molar-refractivity contribution in [2.45, 2.75) is 18.9 Å². The summed E-state index contributed by atoms with van der Waals surface area (Å²) in [6.45, 7) is 0. The Hall–Kier alpha value is -1.42. The fraction of sp³-hybridized carbons (Fsp3) is 0.417. The molecule has 2 unspecified atom stereocenters. The summed E-state index contributed by atoms with van der Waals surface area (Å²) in [5.41, 5.74) is 1.57. The van der Waals surface area contributed by atoms with Crippen LogP contribution in [0.25, 0.3) is 11.2 Å². The molecule has 2 aliphatic carbocycles. The molecule has 2 bridgehead atoms. The average Bonchev–Trinajstić information content (AvgIpc) is 3.01. The molecule has 5 heteroatoms. The standard InChI is InChI=1S/C12H11ClN4/c13-11-9-12(15-5-14-11)17(6-16-9)10-7-1-2-8(10)4-3-7/h1-2,5-8,10H,3-4H2. The number of allylic oxidation sites excluding steroid dienone is 2. The van der Waals surface area contributed by atoms with Crippen molar-refractivity contribution in [1.82, 2.24) is 19.5 Å². The first-order chi connectivity index (χ1) is 8.34. The maximum Gasteiger partial charge on any atom is 0.165 e. The van der Waals surface area contributed by atoms with Gasteiger partial charge in [0.15, 0.2) is 10.8 Å². The van der Waals surface area contributed by atoms with Crippen LogP contribution < -0.4 is 0 Å². The van der Waals surface area contributed by atoms with Crippen molar-refractivity contribution in [3.8, 4) is 0 Å². The number of hydrogen-bond acceptors (Lipinski definition) is 3. The zero-order chi connectivity index (χ0) is 11.4. The summed E-state index contributed by atoms with van der Waals surface area (Å²) in [6, 6.07) is 0.478. The highest BCUT2D eigenvalue weighted by molar-refractivity contribution is 6.33. The minimum absolute atomic E-state index is 0.437. The fourth-order valence-electron chi connectivity index (χ4n) is 3.20. The van der Waals surface area contributed by atoms with E-state index in [0.29, 0.717) is 28.5 Å². The van der Waals surface area contributed by atoms with Gasteiger partial charge in [0.2, 0.25) is 0 Å². The second kappa shape index (κ2) is 3.29. The highest BCUT2D eigenvalue weighted by Crippen LogP contribution is 2.48. The second-order valence-electron chi connectivity index (χ2n) is 4.77. The van der Waals surface area contributed by atoms with Crippen molar-refractivity contribution in [3.63, 3.8) is 0 Å². The molecule has 2 aromatic rings. The second-order valence-corrected chi connectivity index (χ2v) is 5.13. The normalized spacial score (nSPS) is 30.5. The molecule has 4 nitrogen and oxygen atoms in total. The molecule has 0 saturated heterocycles. The van der Waals surface area contributed by atoms with E-state index in [1.54, 1.807) is 0 Å². The average molecular weight is 247 g/mol. The predicted molar refractivity (Wildman–Crippen MR) is 64.7 cm³/mol. The topological polar surface area (TPSA) is 43.6 Å². The lowest BCUT2D eigenvalue weighted by atomic mass is 10.1. The number of hydrogen-bond donors (Lipinski definition) is 0. The zero-order valence-corrected chi connectivity index (χ0v) is 9.88. The van der Waals surface area contributed by atoms with E-state index in [9.17, 15) is 0 Å². The molecule has 1 saturated carbocycles. The van der Waals surface area contributed by atoms with E-state index in [-0.39, 0.29) is 0 Å². The number of rotatable bonds is 1. The SMILES string of the molecule is Clc1ncnc2c1ncn2C1C2C=CC1CC2. The van der Waals surface area contributed by atoms with E-state index in [1.807, 2.05) is 6.33 Å². The van der Waals surface area contributed by atoms with Gasteiger partial charge in [-0.25, -0.2) is 15.0 Å². The number of halogens is 1. The van der Waals surface area contributed by atoms with Gasteiger partial charge in [0.25, 0.3) is 0 Å². The molecular formula is C12H11ClN4. The van der Waals surface area contributed by atoms with Crippen LogP contribution in [-0.2, 0) is 0 Å². The maximum atomic E-state index is 6.02. The molecule has 2 aliphatic rings. The molecule has 2 atom stereocenters. The number of fused-ring (bicyclic) bond motifs is 3. The quantitative estimate of drug-likeness (QED) is 0.574. The lowest BCUT2D eigenvalue weighted by Gasteiger charge is -2.17. The summed E-state index contributed by atoms with van der Waals surface area (Å²) in [6.07, 6.45) is 10.6. The van der Waals surface area contributed by atoms with Gasteiger partial charge >= 0.3 is 0 Å². The van der Waals surface area contributed by atoms with Crippen LogP contribution in [0.4, 0.5) is 0 Å². The third kappa shape index (κ3) is 1.21. The lowest BCUT2D eigenvalue weighted by molar-refractivity contribution is 0.423. The van der Waals surface area contributed by atoms with Gasteiger partial charge in [0.05, 0.1) is 6.33 Å². The van der Waals surface area contributed by atoms with Crippen LogP contribution in [0.15, 0.2) is 24.8 Å². The molecule has 0 radical (unpaired) electrons. The summed E-state index contributed by atoms with van der Waals surface area (Å²) in [5.74, 6) is 1.26. The predicted octanol–water partition coefficient (Wildman–Crippen LogP) is 2.62. The van der Waals surface area contributed by atoms with Crippen molar-refractivity contribution in [2.75, 3.05) is 0 Å². The van der Waals surface area contributed by atoms with Crippen LogP contribution in [0, 0.1) is 11.8 Å². The highest BCUT2D eigenvalue weighted by Gasteiger charge is 2.39. The molecule has 4 rings (SSSR count). The molecule has 86 valence electrons. The molecule has 0 spiro atoms. The summed E-state index contributed by atoms with van der Waals surface area (Å²) in [7, 11) is 0. The van der Waals surface area contributed by atoms with Crippen molar-refractivity contribution in [2.24, 2.45) is 11.8 Å².